The molecule has 3 aliphatic heterocycles. The van der Waals surface area contributed by atoms with Gasteiger partial charge in [-0.15, -0.1) is 0 Å². The van der Waals surface area contributed by atoms with Crippen molar-refractivity contribution in [2.75, 3.05) is 65.9 Å². The molecule has 3 aromatic carbocycles. The van der Waals surface area contributed by atoms with Crippen molar-refractivity contribution in [2.45, 2.75) is 101 Å². The number of carboxylic acids is 2. The highest BCUT2D eigenvalue weighted by Gasteiger charge is 2.46. The number of nitrogens with two attached hydrogens (primary N) is 2. The lowest BCUT2D eigenvalue weighted by Gasteiger charge is -2.31. The Morgan fingerprint density at radius 1 is 0.747 bits per heavy atom. The van der Waals surface area contributed by atoms with Crippen LogP contribution >= 0.6 is 0 Å². The van der Waals surface area contributed by atoms with Gasteiger partial charge in [-0.25, -0.2) is 14.6 Å². The van der Waals surface area contributed by atoms with Crippen LogP contribution in [0.15, 0.2) is 99.9 Å². The van der Waals surface area contributed by atoms with Crippen molar-refractivity contribution in [3.8, 4) is 11.4 Å². The first-order valence-electron chi connectivity index (χ1n) is 30.9. The Labute approximate surface area is 561 Å². The summed E-state index contributed by atoms with van der Waals surface area (Å²) in [5, 5.41) is 51.0. The third kappa shape index (κ3) is 21.8. The van der Waals surface area contributed by atoms with E-state index in [1.54, 1.807) is 72.2 Å². The predicted molar refractivity (Wildman–Crippen MR) is 342 cm³/mol. The van der Waals surface area contributed by atoms with Crippen LogP contribution in [0.2, 0.25) is 0 Å². The molecule has 0 saturated carbocycles. The maximum Gasteiger partial charge on any atom is 0.490 e. The van der Waals surface area contributed by atoms with E-state index >= 15 is 0 Å². The molecular formula is C64H74F3N13O19. The SMILES string of the molecule is CC[C@@]1(O)C(=O)OCc2c1cc1n(c2=O)Cc2c-1nc1ccccc1c2/C=N/OCCNC(=O)COCCOCCOCC(=O)NCc1ccc(CC2NC(=O)C(CCCN=C(N)N)NC(=O)CNC(=O)C(CC(=O)O)NC(=O)C(Cc3ccccc3)NC2=O)cc1.O=C(O)C(F)(F)F. The zero-order valence-electron chi connectivity index (χ0n) is 53.4. The summed E-state index contributed by atoms with van der Waals surface area (Å²) in [6.45, 7) is 1.15. The van der Waals surface area contributed by atoms with E-state index in [1.165, 1.54) is 6.21 Å². The van der Waals surface area contributed by atoms with Crippen LogP contribution < -0.4 is 54.2 Å². The third-order valence-electron chi connectivity index (χ3n) is 15.4. The molecule has 530 valence electrons. The zero-order valence-corrected chi connectivity index (χ0v) is 53.4. The lowest BCUT2D eigenvalue weighted by atomic mass is 9.86. The number of fused-ring (bicyclic) bond motifs is 5. The number of halogens is 3. The molecule has 35 heteroatoms. The molecular weight excluding hydrogens is 1310 g/mol. The van der Waals surface area contributed by atoms with Crippen LogP contribution in [0.5, 0.6) is 0 Å². The van der Waals surface area contributed by atoms with Gasteiger partial charge in [0.05, 0.1) is 81.2 Å². The summed E-state index contributed by atoms with van der Waals surface area (Å²) in [4.78, 5) is 155. The number of esters is 1. The highest BCUT2D eigenvalue weighted by molar-refractivity contribution is 6.03. The summed E-state index contributed by atoms with van der Waals surface area (Å²) in [5.74, 6) is -10.3. The third-order valence-corrected chi connectivity index (χ3v) is 15.4. The summed E-state index contributed by atoms with van der Waals surface area (Å²) in [6.07, 6.45) is -4.39. The van der Waals surface area contributed by atoms with Crippen molar-refractivity contribution in [1.82, 2.24) is 46.8 Å². The number of guanidine groups is 1. The molecule has 4 unspecified atom stereocenters. The molecule has 5 atom stereocenters. The fraction of sp³-hybridized carbons (Fsp3) is 0.406. The normalized spacial score (nSPS) is 18.6. The molecule has 0 radical (unpaired) electrons. The Morgan fingerprint density at radius 2 is 1.33 bits per heavy atom. The lowest BCUT2D eigenvalue weighted by Crippen LogP contribution is -2.58. The number of amides is 7. The fourth-order valence-corrected chi connectivity index (χ4v) is 10.4. The van der Waals surface area contributed by atoms with Crippen molar-refractivity contribution in [3.05, 3.63) is 134 Å². The van der Waals surface area contributed by atoms with Crippen molar-refractivity contribution >= 4 is 82.3 Å². The molecule has 5 aromatic rings. The number of cyclic esters (lactones) is 1. The van der Waals surface area contributed by atoms with Crippen molar-refractivity contribution in [3.63, 3.8) is 0 Å². The molecule has 1 saturated heterocycles. The minimum atomic E-state index is -5.08. The van der Waals surface area contributed by atoms with E-state index in [4.69, 9.17) is 50.1 Å². The number of rotatable bonds is 28. The number of hydrogen-bond acceptors (Lipinski definition) is 20. The Kier molecular flexibility index (Phi) is 27.4. The predicted octanol–water partition coefficient (Wildman–Crippen LogP) is -1.07. The van der Waals surface area contributed by atoms with E-state index in [1.807, 2.05) is 24.3 Å². The van der Waals surface area contributed by atoms with Gasteiger partial charge in [0.15, 0.2) is 11.6 Å². The molecule has 32 nitrogen and oxygen atoms in total. The standard InChI is InChI=1S/C62H73N13O17.C2HF3O2/c1-2-62(87)43-27-49-54-41(32-75(49)59(85)42(43)33-91-60(62)86)40(39-11-6-7-12-44(39)71-54)30-69-92-20-19-65-51(77)34-89-23-21-88-22-24-90-35-52(78)67-29-38-16-14-37(15-17-38)26-47-57(83)73-46(25-36-9-4-3-5-10-36)58(84)74-48(28-53(79)80)55(81)68-31-50(76)70-45(56(82)72-47)13-8-18-66-61(63)64;3-2(4,5)1(6)7/h3-7,9-12,14-17,27,30,45-48,87H,2,8,13,18-26,28-29,31-35H2,1H3,(H,65,77)(H,67,78)(H,68,81)(H,70,76)(H,72,82)(H,73,83)(H,74,84)(H,79,80)(H4,63,64,66);(H,6,7)/b69-30+;/t45?,46?,47?,48?,62-;/m0./s1. The monoisotopic (exact) mass is 1390 g/mol. The second-order valence-corrected chi connectivity index (χ2v) is 22.5. The number of pyridine rings is 2. The van der Waals surface area contributed by atoms with Crippen LogP contribution in [-0.2, 0) is 110 Å². The quantitative estimate of drug-likeness (QED) is 0.00915. The number of ether oxygens (including phenoxy) is 4. The highest BCUT2D eigenvalue weighted by Crippen LogP contribution is 2.40. The van der Waals surface area contributed by atoms with Gasteiger partial charge in [0.1, 0.15) is 50.6 Å². The number of aliphatic carboxylic acids is 2. The molecule has 0 spiro atoms. The summed E-state index contributed by atoms with van der Waals surface area (Å²) in [7, 11) is 0. The molecule has 0 bridgehead atoms. The molecule has 8 rings (SSSR count). The second-order valence-electron chi connectivity index (χ2n) is 22.5. The number of para-hydroxylation sites is 1. The van der Waals surface area contributed by atoms with Crippen LogP contribution in [0.1, 0.15) is 71.6 Å². The first-order chi connectivity index (χ1) is 47.3. The molecule has 3 aliphatic rings. The van der Waals surface area contributed by atoms with Gasteiger partial charge in [-0.3, -0.25) is 48.1 Å². The average molecular weight is 1390 g/mol. The van der Waals surface area contributed by atoms with Gasteiger partial charge in [0.2, 0.25) is 41.4 Å². The molecule has 7 amide bonds. The molecule has 1 fully saturated rings. The number of aliphatic imine (C=N–C) groups is 1. The number of aromatic nitrogens is 2. The summed E-state index contributed by atoms with van der Waals surface area (Å²) in [5.41, 5.74) is 13.8. The molecule has 14 N–H and O–H groups in total. The van der Waals surface area contributed by atoms with E-state index < -0.39 is 108 Å². The average Bonchev–Trinajstić information content (AvgIpc) is 1.60. The van der Waals surface area contributed by atoms with Gasteiger partial charge in [0, 0.05) is 48.0 Å². The molecule has 99 heavy (non-hydrogen) atoms. The first-order valence-corrected chi connectivity index (χ1v) is 30.9. The Hall–Kier alpha value is -10.9. The van der Waals surface area contributed by atoms with Gasteiger partial charge in [-0.2, -0.15) is 13.2 Å². The smallest absolute Gasteiger partial charge is 0.481 e. The van der Waals surface area contributed by atoms with E-state index in [0.29, 0.717) is 44.7 Å². The number of aliphatic hydroxyl groups is 1. The summed E-state index contributed by atoms with van der Waals surface area (Å²) < 4.78 is 54.8. The van der Waals surface area contributed by atoms with E-state index in [0.717, 1.165) is 5.39 Å². The van der Waals surface area contributed by atoms with Gasteiger partial charge in [-0.1, -0.05) is 84.9 Å². The number of carbonyl (C=O) groups is 10. The maximum absolute atomic E-state index is 14.3. The van der Waals surface area contributed by atoms with Gasteiger partial charge < -0.3 is 92.4 Å². The van der Waals surface area contributed by atoms with Crippen LogP contribution in [0, 0.1) is 0 Å². The molecule has 2 aromatic heterocycles. The topological polar surface area (TPSA) is 473 Å². The maximum atomic E-state index is 14.3. The number of hydrogen-bond donors (Lipinski definition) is 12. The lowest BCUT2D eigenvalue weighted by molar-refractivity contribution is -0.192. The van der Waals surface area contributed by atoms with Crippen molar-refractivity contribution in [1.29, 1.82) is 0 Å². The van der Waals surface area contributed by atoms with Crippen LogP contribution in [0.3, 0.4) is 0 Å². The van der Waals surface area contributed by atoms with E-state index in [-0.39, 0.29) is 134 Å². The van der Waals surface area contributed by atoms with E-state index in [2.05, 4.69) is 47.4 Å². The second kappa shape index (κ2) is 35.9. The van der Waals surface area contributed by atoms with Crippen LogP contribution in [-0.4, -0.2) is 193 Å². The molecule has 5 heterocycles. The zero-order chi connectivity index (χ0) is 71.8. The number of carboxylic acid groups (broad SMARTS) is 2. The molecule has 0 aliphatic carbocycles. The van der Waals surface area contributed by atoms with Crippen molar-refractivity contribution < 1.29 is 100 Å². The summed E-state index contributed by atoms with van der Waals surface area (Å²) in [6, 6.07) is 18.8. The van der Waals surface area contributed by atoms with E-state index in [9.17, 15) is 71.3 Å². The number of benzene rings is 3. The van der Waals surface area contributed by atoms with Crippen molar-refractivity contribution in [2.24, 2.45) is 21.6 Å². The number of oxime groups is 1. The van der Waals surface area contributed by atoms with Crippen LogP contribution in [0.25, 0.3) is 22.3 Å². The summed E-state index contributed by atoms with van der Waals surface area (Å²) >= 11 is 0. The Balaban J connectivity index is 0.00000186. The van der Waals surface area contributed by atoms with Crippen LogP contribution in [0.4, 0.5) is 13.2 Å². The minimum absolute atomic E-state index is 0.00434. The minimum Gasteiger partial charge on any atom is -0.481 e. The first kappa shape index (κ1) is 75.5. The number of nitrogens with zero attached hydrogens (tertiary/aromatic N) is 4. The highest BCUT2D eigenvalue weighted by atomic mass is 19.4. The van der Waals surface area contributed by atoms with Gasteiger partial charge in [-0.05, 0) is 48.1 Å². The Bertz CT molecular complexity index is 3890. The van der Waals surface area contributed by atoms with Gasteiger partial charge in [0.25, 0.3) is 5.56 Å². The number of alkyl halides is 3. The largest absolute Gasteiger partial charge is 0.490 e. The Morgan fingerprint density at radius 3 is 1.96 bits per heavy atom. The number of nitrogens with one attached hydrogen (secondary N) is 7. The fourth-order valence-electron chi connectivity index (χ4n) is 10.4. The number of carbonyl (C=O) groups excluding carboxylic acids is 8. The van der Waals surface area contributed by atoms with Gasteiger partial charge >= 0.3 is 24.1 Å².